The molecule has 4 heterocycles. The highest BCUT2D eigenvalue weighted by molar-refractivity contribution is 7.25. The second-order valence-corrected chi connectivity index (χ2v) is 8.94. The molecule has 0 atom stereocenters. The molecule has 0 saturated carbocycles. The smallest absolute Gasteiger partial charge is 0.138 e. The standard InChI is InChI=1S/C28H17N3S/c1-2-9-18(10-3-1)22-13-8-16-26(29-22)31-23-14-6-4-12-20(23)27-24(31)17-21-19-11-5-7-15-25(19)32-28(21)30-27/h1-17H. The summed E-state index contributed by atoms with van der Waals surface area (Å²) in [5.41, 5.74) is 5.30. The number of rotatable bonds is 2. The van der Waals surface area contributed by atoms with Gasteiger partial charge in [0.05, 0.1) is 22.2 Å². The zero-order valence-electron chi connectivity index (χ0n) is 17.1. The van der Waals surface area contributed by atoms with Crippen LogP contribution in [0.25, 0.3) is 59.3 Å². The maximum absolute atomic E-state index is 5.14. The van der Waals surface area contributed by atoms with Gasteiger partial charge in [-0.2, -0.15) is 0 Å². The Hall–Kier alpha value is -4.02. The molecule has 0 aliphatic carbocycles. The molecule has 0 radical (unpaired) electrons. The number of hydrogen-bond acceptors (Lipinski definition) is 3. The summed E-state index contributed by atoms with van der Waals surface area (Å²) in [6, 6.07) is 35.8. The van der Waals surface area contributed by atoms with E-state index in [2.05, 4.69) is 89.5 Å². The number of nitrogens with zero attached hydrogens (tertiary/aromatic N) is 3. The molecule has 0 amide bonds. The van der Waals surface area contributed by atoms with Gasteiger partial charge in [-0.3, -0.25) is 4.57 Å². The first kappa shape index (κ1) is 17.6. The van der Waals surface area contributed by atoms with Crippen LogP contribution in [-0.2, 0) is 0 Å². The Morgan fingerprint density at radius 3 is 2.28 bits per heavy atom. The fourth-order valence-electron chi connectivity index (χ4n) is 4.57. The molecular formula is C28H17N3S. The van der Waals surface area contributed by atoms with Gasteiger partial charge in [-0.15, -0.1) is 11.3 Å². The van der Waals surface area contributed by atoms with E-state index in [1.807, 2.05) is 18.2 Å². The van der Waals surface area contributed by atoms with E-state index in [4.69, 9.17) is 9.97 Å². The average molecular weight is 428 g/mol. The summed E-state index contributed by atoms with van der Waals surface area (Å²) >= 11 is 1.75. The van der Waals surface area contributed by atoms with Gasteiger partial charge in [0.1, 0.15) is 10.6 Å². The second kappa shape index (κ2) is 6.74. The zero-order valence-corrected chi connectivity index (χ0v) is 17.9. The third kappa shape index (κ3) is 2.53. The van der Waals surface area contributed by atoms with Crippen molar-refractivity contribution < 1.29 is 0 Å². The number of fused-ring (bicyclic) bond motifs is 6. The summed E-state index contributed by atoms with van der Waals surface area (Å²) < 4.78 is 3.51. The van der Waals surface area contributed by atoms with Crippen LogP contribution < -0.4 is 0 Å². The average Bonchev–Trinajstić information content (AvgIpc) is 3.38. The van der Waals surface area contributed by atoms with E-state index in [0.29, 0.717) is 0 Å². The van der Waals surface area contributed by atoms with Crippen molar-refractivity contribution in [3.63, 3.8) is 0 Å². The summed E-state index contributed by atoms with van der Waals surface area (Å²) in [6.07, 6.45) is 0. The molecule has 0 aliphatic rings. The molecule has 0 bridgehead atoms. The number of hydrogen-bond donors (Lipinski definition) is 0. The molecule has 0 saturated heterocycles. The van der Waals surface area contributed by atoms with E-state index in [9.17, 15) is 0 Å². The van der Waals surface area contributed by atoms with Gasteiger partial charge in [0, 0.05) is 26.4 Å². The molecule has 0 aliphatic heterocycles. The third-order valence-corrected chi connectivity index (χ3v) is 7.11. The van der Waals surface area contributed by atoms with Crippen molar-refractivity contribution in [1.29, 1.82) is 0 Å². The lowest BCUT2D eigenvalue weighted by Crippen LogP contribution is -1.98. The first-order valence-electron chi connectivity index (χ1n) is 10.6. The normalized spacial score (nSPS) is 11.8. The van der Waals surface area contributed by atoms with E-state index < -0.39 is 0 Å². The maximum Gasteiger partial charge on any atom is 0.138 e. The lowest BCUT2D eigenvalue weighted by Gasteiger charge is -2.09. The maximum atomic E-state index is 5.14. The Morgan fingerprint density at radius 2 is 1.38 bits per heavy atom. The van der Waals surface area contributed by atoms with Gasteiger partial charge in [0.2, 0.25) is 0 Å². The van der Waals surface area contributed by atoms with Crippen LogP contribution >= 0.6 is 11.3 Å². The van der Waals surface area contributed by atoms with Crippen LogP contribution in [0.4, 0.5) is 0 Å². The number of pyridine rings is 2. The molecule has 4 aromatic heterocycles. The highest BCUT2D eigenvalue weighted by Crippen LogP contribution is 2.38. The van der Waals surface area contributed by atoms with Crippen molar-refractivity contribution >= 4 is 53.6 Å². The number of aromatic nitrogens is 3. The number of thiophene rings is 1. The van der Waals surface area contributed by atoms with Gasteiger partial charge >= 0.3 is 0 Å². The minimum atomic E-state index is 0.901. The summed E-state index contributed by atoms with van der Waals surface area (Å²) in [4.78, 5) is 11.3. The van der Waals surface area contributed by atoms with Gasteiger partial charge in [-0.25, -0.2) is 9.97 Å². The van der Waals surface area contributed by atoms with Gasteiger partial charge in [-0.1, -0.05) is 72.8 Å². The highest BCUT2D eigenvalue weighted by atomic mass is 32.1. The quantitative estimate of drug-likeness (QED) is 0.284. The molecule has 32 heavy (non-hydrogen) atoms. The van der Waals surface area contributed by atoms with E-state index in [-0.39, 0.29) is 0 Å². The van der Waals surface area contributed by atoms with E-state index in [1.54, 1.807) is 11.3 Å². The molecule has 7 rings (SSSR count). The first-order chi connectivity index (χ1) is 15.9. The molecule has 0 N–H and O–H groups in total. The Bertz CT molecular complexity index is 1780. The first-order valence-corrected chi connectivity index (χ1v) is 11.4. The molecule has 0 unspecified atom stereocenters. The van der Waals surface area contributed by atoms with Crippen LogP contribution in [0.5, 0.6) is 0 Å². The van der Waals surface area contributed by atoms with Crippen LogP contribution in [-0.4, -0.2) is 14.5 Å². The molecule has 7 aromatic rings. The Balaban J connectivity index is 1.58. The zero-order chi connectivity index (χ0) is 21.1. The van der Waals surface area contributed by atoms with Crippen molar-refractivity contribution in [2.75, 3.05) is 0 Å². The molecule has 0 spiro atoms. The molecule has 3 aromatic carbocycles. The minimum Gasteiger partial charge on any atom is -0.292 e. The van der Waals surface area contributed by atoms with Gasteiger partial charge < -0.3 is 0 Å². The fraction of sp³-hybridized carbons (Fsp3) is 0. The van der Waals surface area contributed by atoms with Gasteiger partial charge in [-0.05, 0) is 30.3 Å². The Kier molecular flexibility index (Phi) is 3.72. The Morgan fingerprint density at radius 1 is 0.594 bits per heavy atom. The van der Waals surface area contributed by atoms with Crippen molar-refractivity contribution in [2.24, 2.45) is 0 Å². The van der Waals surface area contributed by atoms with Crippen molar-refractivity contribution in [3.8, 4) is 17.1 Å². The van der Waals surface area contributed by atoms with Crippen molar-refractivity contribution in [3.05, 3.63) is 103 Å². The SMILES string of the molecule is c1ccc(-c2cccc(-n3c4ccccc4c4nc5sc6ccccc6c5cc43)n2)cc1. The minimum absolute atomic E-state index is 0.901. The molecular weight excluding hydrogens is 410 g/mol. The Labute approximate surface area is 188 Å². The fourth-order valence-corrected chi connectivity index (χ4v) is 5.63. The van der Waals surface area contributed by atoms with Crippen LogP contribution in [0, 0.1) is 0 Å². The largest absolute Gasteiger partial charge is 0.292 e. The molecule has 4 heteroatoms. The summed E-state index contributed by atoms with van der Waals surface area (Å²) in [6.45, 7) is 0. The van der Waals surface area contributed by atoms with Gasteiger partial charge in [0.15, 0.2) is 0 Å². The molecule has 3 nitrogen and oxygen atoms in total. The summed E-state index contributed by atoms with van der Waals surface area (Å²) in [7, 11) is 0. The predicted molar refractivity (Wildman–Crippen MR) is 135 cm³/mol. The number of para-hydroxylation sites is 1. The van der Waals surface area contributed by atoms with E-state index in [1.165, 1.54) is 15.5 Å². The third-order valence-electron chi connectivity index (χ3n) is 6.03. The molecule has 0 fully saturated rings. The summed E-state index contributed by atoms with van der Waals surface area (Å²) in [5.74, 6) is 0.901. The van der Waals surface area contributed by atoms with Gasteiger partial charge in [0.25, 0.3) is 0 Å². The van der Waals surface area contributed by atoms with Crippen LogP contribution in [0.2, 0.25) is 0 Å². The summed E-state index contributed by atoms with van der Waals surface area (Å²) in [5, 5.41) is 3.60. The van der Waals surface area contributed by atoms with E-state index >= 15 is 0 Å². The van der Waals surface area contributed by atoms with E-state index in [0.717, 1.165) is 43.8 Å². The van der Waals surface area contributed by atoms with Crippen LogP contribution in [0.1, 0.15) is 0 Å². The topological polar surface area (TPSA) is 30.7 Å². The molecule has 150 valence electrons. The van der Waals surface area contributed by atoms with Crippen LogP contribution in [0.3, 0.4) is 0 Å². The van der Waals surface area contributed by atoms with Crippen LogP contribution in [0.15, 0.2) is 103 Å². The highest BCUT2D eigenvalue weighted by Gasteiger charge is 2.17. The lowest BCUT2D eigenvalue weighted by atomic mass is 10.1. The number of benzene rings is 3. The lowest BCUT2D eigenvalue weighted by molar-refractivity contribution is 1.08. The predicted octanol–water partition coefficient (Wildman–Crippen LogP) is 7.61. The van der Waals surface area contributed by atoms with Crippen molar-refractivity contribution in [2.45, 2.75) is 0 Å². The second-order valence-electron chi connectivity index (χ2n) is 7.91. The van der Waals surface area contributed by atoms with Crippen molar-refractivity contribution in [1.82, 2.24) is 14.5 Å². The monoisotopic (exact) mass is 427 g/mol.